The molecule has 0 radical (unpaired) electrons. The van der Waals surface area contributed by atoms with Crippen molar-refractivity contribution in [3.05, 3.63) is 77.0 Å². The lowest BCUT2D eigenvalue weighted by Crippen LogP contribution is -2.40. The number of hydrogen-bond donors (Lipinski definition) is 0. The minimum atomic E-state index is 0.162. The van der Waals surface area contributed by atoms with Crippen LogP contribution in [0.25, 0.3) is 44.0 Å². The van der Waals surface area contributed by atoms with Crippen molar-refractivity contribution >= 4 is 32.7 Å². The molecule has 2 aromatic heterocycles. The Balaban J connectivity index is 1.73. The third kappa shape index (κ3) is 2.90. The number of furan rings is 1. The fourth-order valence-electron chi connectivity index (χ4n) is 6.25. The number of nitrogens with zero attached hydrogens (tertiary/aromatic N) is 1. The first-order chi connectivity index (χ1) is 16.1. The largest absolute Gasteiger partial charge is 0.454 e. The van der Waals surface area contributed by atoms with E-state index in [4.69, 9.17) is 4.42 Å². The summed E-state index contributed by atoms with van der Waals surface area (Å²) in [5.41, 5.74) is 10.3. The van der Waals surface area contributed by atoms with Crippen LogP contribution in [-0.2, 0) is 17.9 Å². The quantitative estimate of drug-likeness (QED) is 0.236. The summed E-state index contributed by atoms with van der Waals surface area (Å²) in [4.78, 5) is 0. The molecule has 2 heterocycles. The molecule has 0 atom stereocenters. The summed E-state index contributed by atoms with van der Waals surface area (Å²) in [6.07, 6.45) is 4.81. The van der Waals surface area contributed by atoms with E-state index in [1.807, 2.05) is 0 Å². The fourth-order valence-corrected chi connectivity index (χ4v) is 6.25. The maximum absolute atomic E-state index is 6.79. The van der Waals surface area contributed by atoms with Crippen molar-refractivity contribution in [1.82, 2.24) is 0 Å². The molecule has 0 spiro atoms. The van der Waals surface area contributed by atoms with E-state index in [2.05, 4.69) is 108 Å². The summed E-state index contributed by atoms with van der Waals surface area (Å²) < 4.78 is 9.12. The van der Waals surface area contributed by atoms with Crippen molar-refractivity contribution in [2.75, 3.05) is 0 Å². The molecule has 0 fully saturated rings. The maximum atomic E-state index is 6.79. The molecule has 5 aromatic rings. The van der Waals surface area contributed by atoms with Crippen molar-refractivity contribution in [2.24, 2.45) is 7.05 Å². The van der Waals surface area contributed by atoms with Crippen LogP contribution >= 0.6 is 0 Å². The van der Waals surface area contributed by atoms with Gasteiger partial charge < -0.3 is 4.42 Å². The van der Waals surface area contributed by atoms with E-state index in [-0.39, 0.29) is 10.8 Å². The maximum Gasteiger partial charge on any atom is 0.216 e. The van der Waals surface area contributed by atoms with E-state index in [0.29, 0.717) is 0 Å². The molecule has 2 heteroatoms. The number of aryl methyl sites for hydroxylation is 3. The minimum absolute atomic E-state index is 0.162. The monoisotopic (exact) mass is 448 g/mol. The molecule has 0 saturated carbocycles. The molecule has 2 nitrogen and oxygen atoms in total. The topological polar surface area (TPSA) is 17.0 Å². The van der Waals surface area contributed by atoms with E-state index in [1.54, 1.807) is 0 Å². The molecule has 0 aliphatic heterocycles. The summed E-state index contributed by atoms with van der Waals surface area (Å²) in [7, 11) is 2.19. The van der Waals surface area contributed by atoms with Crippen LogP contribution in [-0.4, -0.2) is 0 Å². The zero-order valence-corrected chi connectivity index (χ0v) is 21.5. The number of pyridine rings is 1. The first-order valence-electron chi connectivity index (χ1n) is 12.5. The van der Waals surface area contributed by atoms with E-state index in [0.717, 1.165) is 11.2 Å². The van der Waals surface area contributed by atoms with Crippen molar-refractivity contribution in [3.8, 4) is 11.3 Å². The van der Waals surface area contributed by atoms with Crippen LogP contribution in [0.1, 0.15) is 62.8 Å². The second-order valence-electron chi connectivity index (χ2n) is 11.7. The predicted octanol–water partition coefficient (Wildman–Crippen LogP) is 8.20. The molecule has 0 N–H and O–H groups in total. The predicted molar refractivity (Wildman–Crippen MR) is 143 cm³/mol. The third-order valence-corrected chi connectivity index (χ3v) is 8.39. The Hall–Kier alpha value is -3.13. The average molecular weight is 449 g/mol. The second kappa shape index (κ2) is 6.95. The Morgan fingerprint density at radius 2 is 1.47 bits per heavy atom. The van der Waals surface area contributed by atoms with Crippen molar-refractivity contribution < 1.29 is 8.98 Å². The van der Waals surface area contributed by atoms with Gasteiger partial charge in [-0.3, -0.25) is 0 Å². The lowest BCUT2D eigenvalue weighted by atomic mass is 9.63. The number of aromatic nitrogens is 1. The molecule has 1 aliphatic rings. The van der Waals surface area contributed by atoms with Crippen LogP contribution < -0.4 is 4.57 Å². The van der Waals surface area contributed by atoms with Gasteiger partial charge in [-0.25, -0.2) is 4.57 Å². The summed E-state index contributed by atoms with van der Waals surface area (Å²) in [6.45, 7) is 14.0. The Labute approximate surface area is 202 Å². The summed E-state index contributed by atoms with van der Waals surface area (Å²) >= 11 is 0. The second-order valence-corrected chi connectivity index (χ2v) is 11.7. The van der Waals surface area contributed by atoms with Crippen molar-refractivity contribution in [3.63, 3.8) is 0 Å². The highest BCUT2D eigenvalue weighted by molar-refractivity contribution is 6.18. The van der Waals surface area contributed by atoms with Gasteiger partial charge in [0.2, 0.25) is 5.69 Å². The molecule has 0 amide bonds. The van der Waals surface area contributed by atoms with Gasteiger partial charge in [0.05, 0.1) is 5.56 Å². The van der Waals surface area contributed by atoms with Gasteiger partial charge in [0.25, 0.3) is 0 Å². The number of rotatable bonds is 1. The zero-order valence-electron chi connectivity index (χ0n) is 21.5. The summed E-state index contributed by atoms with van der Waals surface area (Å²) in [5, 5.41) is 4.83. The molecule has 34 heavy (non-hydrogen) atoms. The normalized spacial score (nSPS) is 16.9. The van der Waals surface area contributed by atoms with Gasteiger partial charge in [-0.2, -0.15) is 0 Å². The Bertz CT molecular complexity index is 1630. The van der Waals surface area contributed by atoms with E-state index in [1.165, 1.54) is 67.9 Å². The smallest absolute Gasteiger partial charge is 0.216 e. The summed E-state index contributed by atoms with van der Waals surface area (Å²) in [6, 6.07) is 17.8. The van der Waals surface area contributed by atoms with Crippen molar-refractivity contribution in [1.29, 1.82) is 0 Å². The van der Waals surface area contributed by atoms with Crippen LogP contribution in [0, 0.1) is 13.8 Å². The zero-order chi connectivity index (χ0) is 24.0. The lowest BCUT2D eigenvalue weighted by Gasteiger charge is -2.40. The van der Waals surface area contributed by atoms with Crippen LogP contribution in [0.4, 0.5) is 0 Å². The molecular formula is C32H34NO+. The van der Waals surface area contributed by atoms with Crippen LogP contribution in [0.2, 0.25) is 0 Å². The minimum Gasteiger partial charge on any atom is -0.454 e. The van der Waals surface area contributed by atoms with Crippen LogP contribution in [0.5, 0.6) is 0 Å². The Kier molecular flexibility index (Phi) is 4.37. The van der Waals surface area contributed by atoms with Gasteiger partial charge in [0, 0.05) is 27.8 Å². The van der Waals surface area contributed by atoms with Gasteiger partial charge in [-0.1, -0.05) is 64.1 Å². The van der Waals surface area contributed by atoms with Gasteiger partial charge in [0.1, 0.15) is 18.2 Å². The molecule has 1 aliphatic carbocycles. The lowest BCUT2D eigenvalue weighted by molar-refractivity contribution is -0.661. The molecule has 0 unspecified atom stereocenters. The van der Waals surface area contributed by atoms with Gasteiger partial charge in [-0.05, 0) is 65.7 Å². The highest BCUT2D eigenvalue weighted by Gasteiger charge is 2.40. The van der Waals surface area contributed by atoms with Gasteiger partial charge >= 0.3 is 0 Å². The average Bonchev–Trinajstić information content (AvgIpc) is 3.18. The molecule has 0 saturated heterocycles. The molecular weight excluding hydrogens is 414 g/mol. The molecule has 3 aromatic carbocycles. The van der Waals surface area contributed by atoms with E-state index < -0.39 is 0 Å². The van der Waals surface area contributed by atoms with E-state index >= 15 is 0 Å². The van der Waals surface area contributed by atoms with Crippen molar-refractivity contribution in [2.45, 2.75) is 65.2 Å². The molecule has 6 rings (SSSR count). The first-order valence-corrected chi connectivity index (χ1v) is 12.5. The van der Waals surface area contributed by atoms with Crippen LogP contribution in [0.3, 0.4) is 0 Å². The van der Waals surface area contributed by atoms with Crippen LogP contribution in [0.15, 0.2) is 59.1 Å². The number of hydrogen-bond acceptors (Lipinski definition) is 1. The number of benzene rings is 3. The third-order valence-electron chi connectivity index (χ3n) is 8.39. The molecule has 0 bridgehead atoms. The number of fused-ring (bicyclic) bond motifs is 6. The standard InChI is InChI=1S/C32H34NO/c1-19-16-20(2)28(26-17-24-25(18-33(26)7)32(5,6)15-14-31(24,3)4)30-27(19)23-13-12-21-10-8-9-11-22(21)29(23)34-30/h8-13,16-18H,14-15H2,1-7H3/q+1. The molecule has 172 valence electrons. The highest BCUT2D eigenvalue weighted by atomic mass is 16.3. The van der Waals surface area contributed by atoms with Gasteiger partial charge in [-0.15, -0.1) is 0 Å². The SMILES string of the molecule is Cc1cc(C)c2c(oc3c4ccccc4ccc32)c1-c1cc2c(c[n+]1C)C(C)(C)CCC2(C)C. The Morgan fingerprint density at radius 1 is 0.765 bits per heavy atom. The fraction of sp³-hybridized carbons (Fsp3) is 0.344. The first kappa shape index (κ1) is 21.4. The van der Waals surface area contributed by atoms with Gasteiger partial charge in [0.15, 0.2) is 6.20 Å². The highest BCUT2D eigenvalue weighted by Crippen LogP contribution is 2.47. The summed E-state index contributed by atoms with van der Waals surface area (Å²) in [5.74, 6) is 0. The van der Waals surface area contributed by atoms with E-state index in [9.17, 15) is 0 Å². The Morgan fingerprint density at radius 3 is 2.24 bits per heavy atom.